The quantitative estimate of drug-likeness (QED) is 0.755. The summed E-state index contributed by atoms with van der Waals surface area (Å²) in [6.45, 7) is 9.14. The van der Waals surface area contributed by atoms with Crippen LogP contribution in [0.1, 0.15) is 53.4 Å². The SMILES string of the molecule is CCO[C@H]1OC(C(=O)NC2CC2)=C[C@@H](C(C)(C)C)[C@@H]1CCCO. The summed E-state index contributed by atoms with van der Waals surface area (Å²) in [5.74, 6) is 0.557. The molecule has 0 saturated heterocycles. The third kappa shape index (κ3) is 4.95. The summed E-state index contributed by atoms with van der Waals surface area (Å²) >= 11 is 0. The zero-order chi connectivity index (χ0) is 17.0. The van der Waals surface area contributed by atoms with Gasteiger partial charge >= 0.3 is 0 Å². The van der Waals surface area contributed by atoms with Crippen molar-refractivity contribution in [3.8, 4) is 0 Å². The number of carbonyl (C=O) groups excluding carboxylic acids is 1. The van der Waals surface area contributed by atoms with Crippen LogP contribution >= 0.6 is 0 Å². The smallest absolute Gasteiger partial charge is 0.286 e. The lowest BCUT2D eigenvalue weighted by atomic mass is 9.70. The van der Waals surface area contributed by atoms with Crippen molar-refractivity contribution in [2.24, 2.45) is 17.3 Å². The highest BCUT2D eigenvalue weighted by molar-refractivity contribution is 5.92. The molecule has 2 aliphatic rings. The standard InChI is InChI=1S/C18H31NO4/c1-5-22-17-13(7-6-10-20)14(18(2,3)4)11-15(23-17)16(21)19-12-8-9-12/h11-14,17,20H,5-10H2,1-4H3,(H,19,21)/t13-,14+,17-/m0/s1. The average Bonchev–Trinajstić information content (AvgIpc) is 3.28. The zero-order valence-electron chi connectivity index (χ0n) is 14.8. The van der Waals surface area contributed by atoms with Gasteiger partial charge in [0.05, 0.1) is 0 Å². The fraction of sp³-hybridized carbons (Fsp3) is 0.833. The summed E-state index contributed by atoms with van der Waals surface area (Å²) in [7, 11) is 0. The Morgan fingerprint density at radius 3 is 2.65 bits per heavy atom. The molecule has 1 saturated carbocycles. The number of amides is 1. The van der Waals surface area contributed by atoms with Gasteiger partial charge in [-0.2, -0.15) is 0 Å². The fourth-order valence-electron chi connectivity index (χ4n) is 3.18. The van der Waals surface area contributed by atoms with Crippen molar-refractivity contribution in [3.63, 3.8) is 0 Å². The maximum atomic E-state index is 12.4. The van der Waals surface area contributed by atoms with Crippen molar-refractivity contribution in [2.75, 3.05) is 13.2 Å². The summed E-state index contributed by atoms with van der Waals surface area (Å²) < 4.78 is 11.7. The van der Waals surface area contributed by atoms with Gasteiger partial charge in [-0.1, -0.05) is 20.8 Å². The number of nitrogens with one attached hydrogen (secondary N) is 1. The van der Waals surface area contributed by atoms with Crippen molar-refractivity contribution in [3.05, 3.63) is 11.8 Å². The fourth-order valence-corrected chi connectivity index (χ4v) is 3.18. The largest absolute Gasteiger partial charge is 0.459 e. The molecule has 23 heavy (non-hydrogen) atoms. The third-order valence-electron chi connectivity index (χ3n) is 4.55. The van der Waals surface area contributed by atoms with Gasteiger partial charge < -0.3 is 19.9 Å². The van der Waals surface area contributed by atoms with Crippen LogP contribution in [0.15, 0.2) is 11.8 Å². The number of hydrogen-bond acceptors (Lipinski definition) is 4. The molecule has 1 amide bonds. The maximum absolute atomic E-state index is 12.4. The molecule has 0 aromatic heterocycles. The van der Waals surface area contributed by atoms with Gasteiger partial charge in [0.2, 0.25) is 6.29 Å². The van der Waals surface area contributed by atoms with E-state index in [-0.39, 0.29) is 29.8 Å². The van der Waals surface area contributed by atoms with Crippen LogP contribution in [0.25, 0.3) is 0 Å². The molecule has 0 radical (unpaired) electrons. The van der Waals surface area contributed by atoms with Crippen molar-refractivity contribution in [2.45, 2.75) is 65.7 Å². The lowest BCUT2D eigenvalue weighted by Crippen LogP contribution is -2.43. The summed E-state index contributed by atoms with van der Waals surface area (Å²) in [6.07, 6.45) is 5.17. The van der Waals surface area contributed by atoms with Crippen LogP contribution in [0.4, 0.5) is 0 Å². The van der Waals surface area contributed by atoms with Crippen LogP contribution in [-0.2, 0) is 14.3 Å². The highest BCUT2D eigenvalue weighted by atomic mass is 16.7. The Bertz CT molecular complexity index is 437. The molecule has 2 rings (SSSR count). The molecule has 1 aliphatic heterocycles. The molecule has 0 spiro atoms. The van der Waals surface area contributed by atoms with Gasteiger partial charge in [0.15, 0.2) is 5.76 Å². The van der Waals surface area contributed by atoms with E-state index in [9.17, 15) is 9.90 Å². The number of aliphatic hydroxyl groups is 1. The minimum absolute atomic E-state index is 0.00956. The van der Waals surface area contributed by atoms with Crippen molar-refractivity contribution >= 4 is 5.91 Å². The molecule has 132 valence electrons. The van der Waals surface area contributed by atoms with Gasteiger partial charge in [-0.3, -0.25) is 4.79 Å². The Hall–Kier alpha value is -1.07. The van der Waals surface area contributed by atoms with E-state index in [1.165, 1.54) is 0 Å². The van der Waals surface area contributed by atoms with E-state index in [1.807, 2.05) is 13.0 Å². The van der Waals surface area contributed by atoms with Crippen LogP contribution in [0.3, 0.4) is 0 Å². The molecular formula is C18H31NO4. The molecule has 1 aliphatic carbocycles. The minimum Gasteiger partial charge on any atom is -0.459 e. The van der Waals surface area contributed by atoms with Crippen LogP contribution in [-0.4, -0.2) is 36.6 Å². The molecule has 2 N–H and O–H groups in total. The Morgan fingerprint density at radius 2 is 2.13 bits per heavy atom. The van der Waals surface area contributed by atoms with Crippen LogP contribution in [0, 0.1) is 17.3 Å². The summed E-state index contributed by atoms with van der Waals surface area (Å²) in [6, 6.07) is 0.303. The van der Waals surface area contributed by atoms with E-state index in [1.54, 1.807) is 0 Å². The van der Waals surface area contributed by atoms with E-state index in [0.29, 0.717) is 24.8 Å². The average molecular weight is 325 g/mol. The second-order valence-electron chi connectivity index (χ2n) is 7.64. The molecule has 3 atom stereocenters. The minimum atomic E-state index is -0.430. The maximum Gasteiger partial charge on any atom is 0.286 e. The highest BCUT2D eigenvalue weighted by Gasteiger charge is 2.42. The number of rotatable bonds is 7. The Morgan fingerprint density at radius 1 is 1.43 bits per heavy atom. The van der Waals surface area contributed by atoms with Crippen LogP contribution in [0.5, 0.6) is 0 Å². The first-order chi connectivity index (χ1) is 10.9. The highest BCUT2D eigenvalue weighted by Crippen LogP contribution is 2.42. The van der Waals surface area contributed by atoms with E-state index < -0.39 is 6.29 Å². The lowest BCUT2D eigenvalue weighted by Gasteiger charge is -2.42. The van der Waals surface area contributed by atoms with Gasteiger partial charge in [0.1, 0.15) is 0 Å². The topological polar surface area (TPSA) is 67.8 Å². The van der Waals surface area contributed by atoms with E-state index in [4.69, 9.17) is 9.47 Å². The van der Waals surface area contributed by atoms with Gasteiger partial charge in [-0.15, -0.1) is 0 Å². The Labute approximate surface area is 139 Å². The number of hydrogen-bond donors (Lipinski definition) is 2. The predicted octanol–water partition coefficient (Wildman–Crippen LogP) is 2.59. The summed E-state index contributed by atoms with van der Waals surface area (Å²) in [5.41, 5.74) is -0.00956. The zero-order valence-corrected chi connectivity index (χ0v) is 14.8. The Balaban J connectivity index is 2.22. The van der Waals surface area contributed by atoms with Gasteiger partial charge in [0, 0.05) is 25.2 Å². The van der Waals surface area contributed by atoms with Crippen molar-refractivity contribution < 1.29 is 19.4 Å². The first-order valence-corrected chi connectivity index (χ1v) is 8.78. The van der Waals surface area contributed by atoms with Crippen LogP contribution in [0.2, 0.25) is 0 Å². The third-order valence-corrected chi connectivity index (χ3v) is 4.55. The Kier molecular flexibility index (Phi) is 6.09. The molecular weight excluding hydrogens is 294 g/mol. The first-order valence-electron chi connectivity index (χ1n) is 8.78. The monoisotopic (exact) mass is 325 g/mol. The molecule has 5 nitrogen and oxygen atoms in total. The molecule has 0 unspecified atom stereocenters. The number of ether oxygens (including phenoxy) is 2. The summed E-state index contributed by atoms with van der Waals surface area (Å²) in [5, 5.41) is 12.2. The van der Waals surface area contributed by atoms with Gasteiger partial charge in [0.25, 0.3) is 5.91 Å². The molecule has 1 fully saturated rings. The molecule has 0 bridgehead atoms. The van der Waals surface area contributed by atoms with E-state index >= 15 is 0 Å². The predicted molar refractivity (Wildman–Crippen MR) is 88.5 cm³/mol. The normalized spacial score (nSPS) is 28.0. The number of carbonyl (C=O) groups is 1. The van der Waals surface area contributed by atoms with Gasteiger partial charge in [-0.25, -0.2) is 0 Å². The van der Waals surface area contributed by atoms with Crippen molar-refractivity contribution in [1.29, 1.82) is 0 Å². The summed E-state index contributed by atoms with van der Waals surface area (Å²) in [4.78, 5) is 12.4. The number of aliphatic hydroxyl groups excluding tert-OH is 1. The van der Waals surface area contributed by atoms with Crippen LogP contribution < -0.4 is 5.32 Å². The van der Waals surface area contributed by atoms with Crippen molar-refractivity contribution in [1.82, 2.24) is 5.32 Å². The second kappa shape index (κ2) is 7.67. The molecule has 1 heterocycles. The van der Waals surface area contributed by atoms with E-state index in [2.05, 4.69) is 26.1 Å². The first kappa shape index (κ1) is 18.3. The second-order valence-corrected chi connectivity index (χ2v) is 7.64. The molecule has 5 heteroatoms. The molecule has 0 aromatic carbocycles. The molecule has 0 aromatic rings. The number of allylic oxidation sites excluding steroid dienone is 1. The van der Waals surface area contributed by atoms with E-state index in [0.717, 1.165) is 19.3 Å². The van der Waals surface area contributed by atoms with Gasteiger partial charge in [-0.05, 0) is 50.0 Å². The lowest BCUT2D eigenvalue weighted by molar-refractivity contribution is -0.179.